The molecule has 3 rings (SSSR count). The van der Waals surface area contributed by atoms with E-state index in [9.17, 15) is 0 Å². The van der Waals surface area contributed by atoms with Gasteiger partial charge in [-0.25, -0.2) is 4.98 Å². The summed E-state index contributed by atoms with van der Waals surface area (Å²) in [5, 5.41) is 0. The molecule has 1 aromatic heterocycles. The van der Waals surface area contributed by atoms with Crippen molar-refractivity contribution >= 4 is 0 Å². The average Bonchev–Trinajstić information content (AvgIpc) is 2.87. The van der Waals surface area contributed by atoms with Gasteiger partial charge in [0.25, 0.3) is 0 Å². The van der Waals surface area contributed by atoms with Gasteiger partial charge in [-0.3, -0.25) is 11.3 Å². The fourth-order valence-corrected chi connectivity index (χ4v) is 3.95. The zero-order chi connectivity index (χ0) is 14.0. The lowest BCUT2D eigenvalue weighted by molar-refractivity contribution is -0.122. The Labute approximate surface area is 120 Å². The molecule has 0 amide bonds. The largest absolute Gasteiger partial charge is 0.375 e. The molecule has 0 radical (unpaired) electrons. The molecule has 1 spiro atoms. The van der Waals surface area contributed by atoms with Crippen LogP contribution >= 0.6 is 0 Å². The number of rotatable bonds is 3. The Hall–Kier alpha value is -0.910. The molecule has 1 aliphatic carbocycles. The van der Waals surface area contributed by atoms with Crippen LogP contribution in [0.1, 0.15) is 56.7 Å². The van der Waals surface area contributed by atoms with Crippen molar-refractivity contribution in [2.45, 2.75) is 56.6 Å². The Balaban J connectivity index is 1.74. The van der Waals surface area contributed by atoms with Crippen LogP contribution in [0.4, 0.5) is 0 Å². The van der Waals surface area contributed by atoms with Crippen molar-refractivity contribution in [1.82, 2.24) is 15.0 Å². The third-order valence-corrected chi connectivity index (χ3v) is 4.99. The zero-order valence-corrected chi connectivity index (χ0v) is 12.3. The molecule has 2 atom stereocenters. The van der Waals surface area contributed by atoms with Crippen molar-refractivity contribution in [3.05, 3.63) is 18.2 Å². The van der Waals surface area contributed by atoms with E-state index in [4.69, 9.17) is 10.6 Å². The molecule has 0 aromatic carbocycles. The number of ether oxygens (including phenoxy) is 1. The predicted molar refractivity (Wildman–Crippen MR) is 77.8 cm³/mol. The van der Waals surface area contributed by atoms with Crippen LogP contribution in [0.25, 0.3) is 0 Å². The first kappa shape index (κ1) is 14.0. The second-order valence-electron chi connectivity index (χ2n) is 6.45. The second-order valence-corrected chi connectivity index (χ2v) is 6.45. The lowest BCUT2D eigenvalue weighted by Crippen LogP contribution is -2.46. The van der Waals surface area contributed by atoms with Gasteiger partial charge in [0, 0.05) is 19.9 Å². The van der Waals surface area contributed by atoms with Crippen LogP contribution in [0.2, 0.25) is 0 Å². The Kier molecular flexibility index (Phi) is 4.10. The van der Waals surface area contributed by atoms with Gasteiger partial charge in [-0.15, -0.1) is 0 Å². The van der Waals surface area contributed by atoms with Gasteiger partial charge in [0.2, 0.25) is 0 Å². The lowest BCUT2D eigenvalue weighted by atomic mass is 9.74. The molecule has 1 aliphatic heterocycles. The third-order valence-electron chi connectivity index (χ3n) is 4.99. The summed E-state index contributed by atoms with van der Waals surface area (Å²) in [5.74, 6) is 6.34. The lowest BCUT2D eigenvalue weighted by Gasteiger charge is -2.45. The number of hydrazine groups is 1. The van der Waals surface area contributed by atoms with Crippen LogP contribution in [0.15, 0.2) is 12.5 Å². The Morgan fingerprint density at radius 1 is 1.45 bits per heavy atom. The predicted octanol–water partition coefficient (Wildman–Crippen LogP) is 2.05. The number of nitrogens with one attached hydrogen (secondary N) is 1. The van der Waals surface area contributed by atoms with Crippen molar-refractivity contribution < 1.29 is 4.74 Å². The maximum Gasteiger partial charge on any atom is 0.0947 e. The normalized spacial score (nSPS) is 27.6. The quantitative estimate of drug-likeness (QED) is 0.656. The van der Waals surface area contributed by atoms with Gasteiger partial charge in [-0.1, -0.05) is 19.3 Å². The van der Waals surface area contributed by atoms with Crippen LogP contribution in [-0.4, -0.2) is 21.8 Å². The number of imidazole rings is 1. The van der Waals surface area contributed by atoms with Gasteiger partial charge in [0.05, 0.1) is 23.7 Å². The van der Waals surface area contributed by atoms with E-state index >= 15 is 0 Å². The minimum atomic E-state index is 0.116. The summed E-state index contributed by atoms with van der Waals surface area (Å²) in [7, 11) is 2.00. The summed E-state index contributed by atoms with van der Waals surface area (Å²) >= 11 is 0. The highest BCUT2D eigenvalue weighted by atomic mass is 16.5. The molecule has 2 heterocycles. The van der Waals surface area contributed by atoms with Gasteiger partial charge in [-0.05, 0) is 31.6 Å². The van der Waals surface area contributed by atoms with Crippen LogP contribution in [0, 0.1) is 5.92 Å². The van der Waals surface area contributed by atoms with Gasteiger partial charge in [-0.2, -0.15) is 0 Å². The second kappa shape index (κ2) is 5.84. The highest BCUT2D eigenvalue weighted by molar-refractivity contribution is 5.07. The fraction of sp³-hybridized carbons (Fsp3) is 0.800. The summed E-state index contributed by atoms with van der Waals surface area (Å²) in [6, 6.07) is 0.138. The highest BCUT2D eigenvalue weighted by Gasteiger charge is 2.41. The van der Waals surface area contributed by atoms with E-state index in [2.05, 4.69) is 16.6 Å². The van der Waals surface area contributed by atoms with E-state index in [1.54, 1.807) is 0 Å². The van der Waals surface area contributed by atoms with Gasteiger partial charge in [0.1, 0.15) is 0 Å². The Morgan fingerprint density at radius 2 is 2.25 bits per heavy atom. The summed E-state index contributed by atoms with van der Waals surface area (Å²) < 4.78 is 8.16. The third kappa shape index (κ3) is 2.75. The molecular formula is C15H26N4O. The number of nitrogens with two attached hydrogens (primary N) is 1. The molecular weight excluding hydrogens is 252 g/mol. The summed E-state index contributed by atoms with van der Waals surface area (Å²) in [6.45, 7) is 0.857. The molecule has 2 fully saturated rings. The molecule has 1 saturated carbocycles. The first-order valence-electron chi connectivity index (χ1n) is 7.80. The molecule has 0 bridgehead atoms. The summed E-state index contributed by atoms with van der Waals surface area (Å²) in [4.78, 5) is 4.48. The smallest absolute Gasteiger partial charge is 0.0947 e. The van der Waals surface area contributed by atoms with Crippen LogP contribution in [0.3, 0.4) is 0 Å². The molecule has 2 aliphatic rings. The number of nitrogens with zero attached hydrogens (tertiary/aromatic N) is 2. The van der Waals surface area contributed by atoms with Crippen molar-refractivity contribution in [1.29, 1.82) is 0 Å². The molecule has 2 unspecified atom stereocenters. The van der Waals surface area contributed by atoms with Crippen molar-refractivity contribution in [2.24, 2.45) is 18.8 Å². The van der Waals surface area contributed by atoms with E-state index in [0.29, 0.717) is 5.92 Å². The first-order valence-corrected chi connectivity index (χ1v) is 7.80. The van der Waals surface area contributed by atoms with E-state index < -0.39 is 0 Å². The number of hydrogen-bond donors (Lipinski definition) is 2. The van der Waals surface area contributed by atoms with E-state index in [-0.39, 0.29) is 11.6 Å². The molecule has 5 nitrogen and oxygen atoms in total. The maximum atomic E-state index is 6.18. The topological polar surface area (TPSA) is 65.1 Å². The molecule has 112 valence electrons. The fourth-order valence-electron chi connectivity index (χ4n) is 3.95. The van der Waals surface area contributed by atoms with Crippen LogP contribution in [0.5, 0.6) is 0 Å². The number of hydrogen-bond acceptors (Lipinski definition) is 4. The van der Waals surface area contributed by atoms with Crippen LogP contribution in [-0.2, 0) is 11.8 Å². The standard InChI is InChI=1S/C15H26N4O/c1-19-10-13(17-11-19)14(18-16)12-5-8-20-15(9-12)6-3-2-4-7-15/h10-12,14,18H,2-9,16H2,1H3. The molecule has 1 aromatic rings. The molecule has 1 saturated heterocycles. The van der Waals surface area contributed by atoms with E-state index in [0.717, 1.165) is 25.1 Å². The molecule has 5 heteroatoms. The first-order chi connectivity index (χ1) is 9.72. The Bertz CT molecular complexity index is 433. The average molecular weight is 278 g/mol. The van der Waals surface area contributed by atoms with E-state index in [1.807, 2.05) is 17.9 Å². The number of aryl methyl sites for hydroxylation is 1. The molecule has 3 N–H and O–H groups in total. The van der Waals surface area contributed by atoms with Gasteiger partial charge in [0.15, 0.2) is 0 Å². The summed E-state index contributed by atoms with van der Waals surface area (Å²) in [6.07, 6.45) is 12.5. The number of aromatic nitrogens is 2. The van der Waals surface area contributed by atoms with Crippen molar-refractivity contribution in [3.8, 4) is 0 Å². The van der Waals surface area contributed by atoms with Gasteiger partial charge >= 0.3 is 0 Å². The minimum absolute atomic E-state index is 0.116. The molecule has 20 heavy (non-hydrogen) atoms. The van der Waals surface area contributed by atoms with Crippen molar-refractivity contribution in [3.63, 3.8) is 0 Å². The Morgan fingerprint density at radius 3 is 2.90 bits per heavy atom. The zero-order valence-electron chi connectivity index (χ0n) is 12.3. The SMILES string of the molecule is Cn1cnc(C(NN)C2CCOC3(CCCCC3)C2)c1. The van der Waals surface area contributed by atoms with Gasteiger partial charge < -0.3 is 9.30 Å². The minimum Gasteiger partial charge on any atom is -0.375 e. The van der Waals surface area contributed by atoms with E-state index in [1.165, 1.54) is 32.1 Å². The van der Waals surface area contributed by atoms with Crippen LogP contribution < -0.4 is 11.3 Å². The summed E-state index contributed by atoms with van der Waals surface area (Å²) in [5.41, 5.74) is 4.16. The monoisotopic (exact) mass is 278 g/mol. The van der Waals surface area contributed by atoms with Crippen molar-refractivity contribution in [2.75, 3.05) is 6.61 Å². The maximum absolute atomic E-state index is 6.18. The highest BCUT2D eigenvalue weighted by Crippen LogP contribution is 2.43.